The molecule has 23 heavy (non-hydrogen) atoms. The molecule has 1 amide bonds. The SMILES string of the molecule is CC(C)(C)OC(=O)N1CCCC(NCc2ccc(CO)o2)CC1. The predicted octanol–water partition coefficient (Wildman–Crippen LogP) is 2.65. The van der Waals surface area contributed by atoms with Gasteiger partial charge in [-0.05, 0) is 52.2 Å². The molecule has 1 aromatic rings. The summed E-state index contributed by atoms with van der Waals surface area (Å²) in [5, 5.41) is 12.5. The van der Waals surface area contributed by atoms with Crippen LogP contribution in [0.5, 0.6) is 0 Å². The molecule has 1 fully saturated rings. The van der Waals surface area contributed by atoms with Gasteiger partial charge in [0.05, 0.1) is 6.54 Å². The van der Waals surface area contributed by atoms with Crippen molar-refractivity contribution < 1.29 is 19.1 Å². The van der Waals surface area contributed by atoms with E-state index in [1.165, 1.54) is 0 Å². The molecule has 1 unspecified atom stereocenters. The Balaban J connectivity index is 1.78. The number of furan rings is 1. The van der Waals surface area contributed by atoms with Gasteiger partial charge in [-0.3, -0.25) is 0 Å². The lowest BCUT2D eigenvalue weighted by molar-refractivity contribution is 0.0256. The average molecular weight is 324 g/mol. The number of ether oxygens (including phenoxy) is 1. The van der Waals surface area contributed by atoms with Crippen molar-refractivity contribution in [1.29, 1.82) is 0 Å². The van der Waals surface area contributed by atoms with E-state index in [9.17, 15) is 4.79 Å². The van der Waals surface area contributed by atoms with Gasteiger partial charge in [0.1, 0.15) is 23.7 Å². The number of hydrogen-bond acceptors (Lipinski definition) is 5. The minimum atomic E-state index is -0.454. The van der Waals surface area contributed by atoms with Crippen LogP contribution in [-0.4, -0.2) is 40.8 Å². The molecule has 2 heterocycles. The Labute approximate surface area is 137 Å². The molecule has 0 aliphatic carbocycles. The highest BCUT2D eigenvalue weighted by Gasteiger charge is 2.25. The quantitative estimate of drug-likeness (QED) is 0.890. The maximum atomic E-state index is 12.1. The standard InChI is InChI=1S/C17H28N2O4/c1-17(2,3)23-16(21)19-9-4-5-13(8-10-19)18-11-14-6-7-15(12-20)22-14/h6-7,13,18,20H,4-5,8-12H2,1-3H3. The van der Waals surface area contributed by atoms with Crippen molar-refractivity contribution >= 4 is 6.09 Å². The molecule has 0 aromatic carbocycles. The summed E-state index contributed by atoms with van der Waals surface area (Å²) in [7, 11) is 0. The maximum absolute atomic E-state index is 12.1. The van der Waals surface area contributed by atoms with Crippen LogP contribution in [0, 0.1) is 0 Å². The minimum absolute atomic E-state index is 0.0751. The Hall–Kier alpha value is -1.53. The van der Waals surface area contributed by atoms with E-state index in [-0.39, 0.29) is 12.7 Å². The van der Waals surface area contributed by atoms with Gasteiger partial charge in [-0.1, -0.05) is 0 Å². The lowest BCUT2D eigenvalue weighted by Gasteiger charge is -2.26. The topological polar surface area (TPSA) is 74.9 Å². The molecule has 0 radical (unpaired) electrons. The molecule has 2 N–H and O–H groups in total. The first-order chi connectivity index (χ1) is 10.9. The first-order valence-corrected chi connectivity index (χ1v) is 8.27. The van der Waals surface area contributed by atoms with Crippen molar-refractivity contribution in [3.05, 3.63) is 23.7 Å². The second-order valence-electron chi connectivity index (χ2n) is 7.00. The fourth-order valence-corrected chi connectivity index (χ4v) is 2.66. The summed E-state index contributed by atoms with van der Waals surface area (Å²) in [6.45, 7) is 7.66. The zero-order valence-electron chi connectivity index (χ0n) is 14.3. The molecule has 0 saturated carbocycles. The summed E-state index contributed by atoms with van der Waals surface area (Å²) in [4.78, 5) is 13.9. The van der Waals surface area contributed by atoms with Crippen LogP contribution in [0.4, 0.5) is 4.79 Å². The van der Waals surface area contributed by atoms with Crippen LogP contribution in [0.1, 0.15) is 51.6 Å². The normalized spacial score (nSPS) is 19.5. The molecule has 2 rings (SSSR count). The monoisotopic (exact) mass is 324 g/mol. The van der Waals surface area contributed by atoms with E-state index < -0.39 is 5.60 Å². The summed E-state index contributed by atoms with van der Waals surface area (Å²) in [6.07, 6.45) is 2.65. The van der Waals surface area contributed by atoms with Crippen LogP contribution in [0.2, 0.25) is 0 Å². The molecule has 6 heteroatoms. The van der Waals surface area contributed by atoms with Gasteiger partial charge in [-0.15, -0.1) is 0 Å². The lowest BCUT2D eigenvalue weighted by Crippen LogP contribution is -2.38. The fraction of sp³-hybridized carbons (Fsp3) is 0.706. The number of hydrogen-bond donors (Lipinski definition) is 2. The van der Waals surface area contributed by atoms with Gasteiger partial charge in [-0.2, -0.15) is 0 Å². The summed E-state index contributed by atoms with van der Waals surface area (Å²) in [5.74, 6) is 1.40. The summed E-state index contributed by atoms with van der Waals surface area (Å²) in [5.41, 5.74) is -0.454. The zero-order valence-corrected chi connectivity index (χ0v) is 14.3. The van der Waals surface area contributed by atoms with E-state index in [2.05, 4.69) is 5.32 Å². The fourth-order valence-electron chi connectivity index (χ4n) is 2.66. The number of aliphatic hydroxyl groups is 1. The number of rotatable bonds is 4. The second-order valence-corrected chi connectivity index (χ2v) is 7.00. The molecule has 0 bridgehead atoms. The number of nitrogens with zero attached hydrogens (tertiary/aromatic N) is 1. The molecule has 1 atom stereocenters. The van der Waals surface area contributed by atoms with E-state index in [1.54, 1.807) is 11.0 Å². The first kappa shape index (κ1) is 17.8. The summed E-state index contributed by atoms with van der Waals surface area (Å²) in [6, 6.07) is 4.02. The van der Waals surface area contributed by atoms with Crippen molar-refractivity contribution in [2.75, 3.05) is 13.1 Å². The van der Waals surface area contributed by atoms with E-state index in [0.29, 0.717) is 24.9 Å². The zero-order chi connectivity index (χ0) is 16.9. The molecular formula is C17H28N2O4. The van der Waals surface area contributed by atoms with Gasteiger partial charge in [0, 0.05) is 19.1 Å². The van der Waals surface area contributed by atoms with Crippen LogP contribution in [0.15, 0.2) is 16.5 Å². The first-order valence-electron chi connectivity index (χ1n) is 8.27. The van der Waals surface area contributed by atoms with Crippen molar-refractivity contribution in [1.82, 2.24) is 10.2 Å². The van der Waals surface area contributed by atoms with Crippen LogP contribution >= 0.6 is 0 Å². The highest BCUT2D eigenvalue weighted by atomic mass is 16.6. The largest absolute Gasteiger partial charge is 0.462 e. The van der Waals surface area contributed by atoms with Crippen molar-refractivity contribution in [2.24, 2.45) is 0 Å². The third kappa shape index (κ3) is 5.88. The highest BCUT2D eigenvalue weighted by molar-refractivity contribution is 5.68. The number of carbonyl (C=O) groups excluding carboxylic acids is 1. The lowest BCUT2D eigenvalue weighted by atomic mass is 10.1. The van der Waals surface area contributed by atoms with Gasteiger partial charge >= 0.3 is 6.09 Å². The minimum Gasteiger partial charge on any atom is -0.462 e. The van der Waals surface area contributed by atoms with Crippen LogP contribution in [0.25, 0.3) is 0 Å². The Morgan fingerprint density at radius 1 is 1.35 bits per heavy atom. The van der Waals surface area contributed by atoms with E-state index in [4.69, 9.17) is 14.3 Å². The maximum Gasteiger partial charge on any atom is 0.410 e. The average Bonchev–Trinajstić information content (AvgIpc) is 2.80. The van der Waals surface area contributed by atoms with Crippen LogP contribution in [-0.2, 0) is 17.9 Å². The third-order valence-corrected chi connectivity index (χ3v) is 3.82. The molecule has 1 aliphatic rings. The van der Waals surface area contributed by atoms with Crippen molar-refractivity contribution in [3.63, 3.8) is 0 Å². The Kier molecular flexibility index (Phi) is 6.07. The Morgan fingerprint density at radius 2 is 2.09 bits per heavy atom. The second kappa shape index (κ2) is 7.84. The van der Waals surface area contributed by atoms with Gasteiger partial charge in [0.2, 0.25) is 0 Å². The van der Waals surface area contributed by atoms with E-state index in [1.807, 2.05) is 26.8 Å². The molecule has 6 nitrogen and oxygen atoms in total. The smallest absolute Gasteiger partial charge is 0.410 e. The number of nitrogens with one attached hydrogen (secondary N) is 1. The van der Waals surface area contributed by atoms with Gasteiger partial charge < -0.3 is 24.5 Å². The molecule has 1 aromatic heterocycles. The third-order valence-electron chi connectivity index (χ3n) is 3.82. The summed E-state index contributed by atoms with van der Waals surface area (Å²) >= 11 is 0. The predicted molar refractivity (Wildman–Crippen MR) is 86.9 cm³/mol. The molecular weight excluding hydrogens is 296 g/mol. The Morgan fingerprint density at radius 3 is 2.74 bits per heavy atom. The Bertz CT molecular complexity index is 507. The van der Waals surface area contributed by atoms with E-state index >= 15 is 0 Å². The molecule has 0 spiro atoms. The van der Waals surface area contributed by atoms with Gasteiger partial charge in [-0.25, -0.2) is 4.79 Å². The number of aliphatic hydroxyl groups excluding tert-OH is 1. The van der Waals surface area contributed by atoms with Crippen molar-refractivity contribution in [3.8, 4) is 0 Å². The van der Waals surface area contributed by atoms with Crippen LogP contribution < -0.4 is 5.32 Å². The van der Waals surface area contributed by atoms with Crippen molar-refractivity contribution in [2.45, 2.75) is 64.8 Å². The van der Waals surface area contributed by atoms with Crippen LogP contribution in [0.3, 0.4) is 0 Å². The molecule has 1 aliphatic heterocycles. The highest BCUT2D eigenvalue weighted by Crippen LogP contribution is 2.16. The number of carbonyl (C=O) groups is 1. The van der Waals surface area contributed by atoms with E-state index in [0.717, 1.165) is 31.6 Å². The molecule has 130 valence electrons. The number of amides is 1. The van der Waals surface area contributed by atoms with Gasteiger partial charge in [0.15, 0.2) is 0 Å². The molecule has 1 saturated heterocycles. The number of likely N-dealkylation sites (tertiary alicyclic amines) is 1. The van der Waals surface area contributed by atoms with Gasteiger partial charge in [0.25, 0.3) is 0 Å². The summed E-state index contributed by atoms with van der Waals surface area (Å²) < 4.78 is 10.9.